The van der Waals surface area contributed by atoms with Gasteiger partial charge in [-0.15, -0.1) is 0 Å². The molecule has 2 aromatic carbocycles. The molecular formula is C25H33N7O3S. The highest BCUT2D eigenvalue weighted by atomic mass is 32.2. The summed E-state index contributed by atoms with van der Waals surface area (Å²) in [6.45, 7) is 3.10. The minimum absolute atomic E-state index is 0.254. The normalized spacial score (nSPS) is 14.2. The van der Waals surface area contributed by atoms with Crippen LogP contribution in [0.5, 0.6) is 0 Å². The van der Waals surface area contributed by atoms with Crippen LogP contribution in [0.2, 0.25) is 0 Å². The lowest BCUT2D eigenvalue weighted by atomic mass is 10.1. The highest BCUT2D eigenvalue weighted by Gasteiger charge is 2.20. The van der Waals surface area contributed by atoms with E-state index in [1.807, 2.05) is 67.5 Å². The van der Waals surface area contributed by atoms with Crippen molar-refractivity contribution in [2.24, 2.45) is 0 Å². The highest BCUT2D eigenvalue weighted by molar-refractivity contribution is 7.92. The standard InChI is InChI=1S/C25H33N7O3S/c1-31(2)14-11-26-25(33)27-19-8-6-7-18(15-19)9-10-21-20-16-23(30-36(3,34)35)24(17-22(20)29-28-21)32-12-4-5-13-32/h6-10,15-17,30H,4-5,11-14H2,1-3H3,(H,28,29)(H2,26,27,33)/b10-9+. The fourth-order valence-corrected chi connectivity index (χ4v) is 4.73. The molecule has 0 spiro atoms. The summed E-state index contributed by atoms with van der Waals surface area (Å²) in [5, 5.41) is 14.0. The van der Waals surface area contributed by atoms with E-state index in [-0.39, 0.29) is 6.03 Å². The number of nitrogens with one attached hydrogen (secondary N) is 4. The molecule has 1 aliphatic heterocycles. The van der Waals surface area contributed by atoms with E-state index in [1.54, 1.807) is 0 Å². The van der Waals surface area contributed by atoms with Crippen molar-refractivity contribution in [1.29, 1.82) is 0 Å². The Morgan fingerprint density at radius 2 is 1.94 bits per heavy atom. The fraction of sp³-hybridized carbons (Fsp3) is 0.360. The van der Waals surface area contributed by atoms with Crippen LogP contribution >= 0.6 is 0 Å². The molecule has 10 nitrogen and oxygen atoms in total. The monoisotopic (exact) mass is 511 g/mol. The number of rotatable bonds is 9. The van der Waals surface area contributed by atoms with Gasteiger partial charge in [0.1, 0.15) is 0 Å². The molecule has 2 amide bonds. The first-order chi connectivity index (χ1) is 17.2. The number of H-pyrrole nitrogens is 1. The zero-order valence-electron chi connectivity index (χ0n) is 20.8. The molecule has 1 fully saturated rings. The minimum Gasteiger partial charge on any atom is -0.370 e. The predicted molar refractivity (Wildman–Crippen MR) is 147 cm³/mol. The molecule has 3 aromatic rings. The van der Waals surface area contributed by atoms with Gasteiger partial charge < -0.3 is 20.4 Å². The van der Waals surface area contributed by atoms with Crippen molar-refractivity contribution >= 4 is 56.2 Å². The van der Waals surface area contributed by atoms with Gasteiger partial charge in [-0.1, -0.05) is 18.2 Å². The number of fused-ring (bicyclic) bond motifs is 1. The molecule has 192 valence electrons. The van der Waals surface area contributed by atoms with Crippen molar-refractivity contribution < 1.29 is 13.2 Å². The van der Waals surface area contributed by atoms with Gasteiger partial charge in [-0.3, -0.25) is 9.82 Å². The summed E-state index contributed by atoms with van der Waals surface area (Å²) in [7, 11) is 0.462. The molecule has 0 unspecified atom stereocenters. The van der Waals surface area contributed by atoms with E-state index < -0.39 is 10.0 Å². The summed E-state index contributed by atoms with van der Waals surface area (Å²) in [5.41, 5.74) is 4.50. The second-order valence-corrected chi connectivity index (χ2v) is 11.0. The number of nitrogens with zero attached hydrogens (tertiary/aromatic N) is 3. The SMILES string of the molecule is CN(C)CCNC(=O)Nc1cccc(/C=C/c2n[nH]c3cc(N4CCCC4)c(NS(C)(=O)=O)cc23)c1. The summed E-state index contributed by atoms with van der Waals surface area (Å²) >= 11 is 0. The van der Waals surface area contributed by atoms with Crippen LogP contribution in [0.4, 0.5) is 21.9 Å². The van der Waals surface area contributed by atoms with Gasteiger partial charge in [-0.25, -0.2) is 13.2 Å². The summed E-state index contributed by atoms with van der Waals surface area (Å²) in [5.74, 6) is 0. The molecule has 4 N–H and O–H groups in total. The van der Waals surface area contributed by atoms with Crippen molar-refractivity contribution in [3.05, 3.63) is 47.7 Å². The van der Waals surface area contributed by atoms with Crippen molar-refractivity contribution in [3.8, 4) is 0 Å². The number of hydrogen-bond donors (Lipinski definition) is 4. The molecule has 0 radical (unpaired) electrons. The van der Waals surface area contributed by atoms with Crippen LogP contribution in [-0.4, -0.2) is 76.1 Å². The quantitative estimate of drug-likeness (QED) is 0.349. The number of hydrogen-bond acceptors (Lipinski definition) is 6. The number of sulfonamides is 1. The third kappa shape index (κ3) is 6.76. The lowest BCUT2D eigenvalue weighted by Crippen LogP contribution is -2.34. The maximum absolute atomic E-state index is 12.1. The average molecular weight is 512 g/mol. The number of benzene rings is 2. The lowest BCUT2D eigenvalue weighted by Gasteiger charge is -2.21. The van der Waals surface area contributed by atoms with E-state index in [0.717, 1.165) is 60.9 Å². The molecule has 1 aliphatic rings. The average Bonchev–Trinajstić information content (AvgIpc) is 3.46. The molecule has 2 heterocycles. The number of urea groups is 1. The minimum atomic E-state index is -3.44. The molecule has 36 heavy (non-hydrogen) atoms. The van der Waals surface area contributed by atoms with Crippen LogP contribution in [0.15, 0.2) is 36.4 Å². The molecule has 4 rings (SSSR count). The predicted octanol–water partition coefficient (Wildman–Crippen LogP) is 3.39. The van der Waals surface area contributed by atoms with Crippen LogP contribution < -0.4 is 20.3 Å². The van der Waals surface area contributed by atoms with Crippen LogP contribution in [0, 0.1) is 0 Å². The Bertz CT molecular complexity index is 1360. The first kappa shape index (κ1) is 25.5. The van der Waals surface area contributed by atoms with Gasteiger partial charge in [0.2, 0.25) is 10.0 Å². The van der Waals surface area contributed by atoms with E-state index in [0.29, 0.717) is 23.6 Å². The zero-order valence-corrected chi connectivity index (χ0v) is 21.7. The molecule has 1 saturated heterocycles. The number of carbonyl (C=O) groups is 1. The van der Waals surface area contributed by atoms with Crippen molar-refractivity contribution in [2.45, 2.75) is 12.8 Å². The van der Waals surface area contributed by atoms with E-state index >= 15 is 0 Å². The fourth-order valence-electron chi connectivity index (χ4n) is 4.17. The summed E-state index contributed by atoms with van der Waals surface area (Å²) in [4.78, 5) is 16.3. The van der Waals surface area contributed by atoms with Crippen LogP contribution in [0.3, 0.4) is 0 Å². The largest absolute Gasteiger partial charge is 0.370 e. The third-order valence-electron chi connectivity index (χ3n) is 5.87. The van der Waals surface area contributed by atoms with E-state index in [1.165, 1.54) is 0 Å². The molecule has 0 bridgehead atoms. The first-order valence-electron chi connectivity index (χ1n) is 11.9. The van der Waals surface area contributed by atoms with Gasteiger partial charge in [0.25, 0.3) is 0 Å². The van der Waals surface area contributed by atoms with E-state index in [4.69, 9.17) is 0 Å². The number of carbonyl (C=O) groups excluding carboxylic acids is 1. The van der Waals surface area contributed by atoms with Gasteiger partial charge in [0.15, 0.2) is 0 Å². The second kappa shape index (κ2) is 11.0. The molecular weight excluding hydrogens is 478 g/mol. The van der Waals surface area contributed by atoms with Crippen molar-refractivity contribution in [2.75, 3.05) is 61.5 Å². The topological polar surface area (TPSA) is 122 Å². The molecule has 0 aliphatic carbocycles. The lowest BCUT2D eigenvalue weighted by molar-refractivity contribution is 0.250. The Hall–Kier alpha value is -3.57. The van der Waals surface area contributed by atoms with Crippen LogP contribution in [-0.2, 0) is 10.0 Å². The van der Waals surface area contributed by atoms with Gasteiger partial charge >= 0.3 is 6.03 Å². The summed E-state index contributed by atoms with van der Waals surface area (Å²) in [6.07, 6.45) is 7.10. The smallest absolute Gasteiger partial charge is 0.319 e. The number of likely N-dealkylation sites (N-methyl/N-ethyl adjacent to an activating group) is 1. The Morgan fingerprint density at radius 1 is 1.17 bits per heavy atom. The molecule has 0 saturated carbocycles. The zero-order chi connectivity index (χ0) is 25.7. The molecule has 1 aromatic heterocycles. The van der Waals surface area contributed by atoms with Crippen molar-refractivity contribution in [3.63, 3.8) is 0 Å². The summed E-state index contributed by atoms with van der Waals surface area (Å²) < 4.78 is 26.7. The number of anilines is 3. The van der Waals surface area contributed by atoms with E-state index in [2.05, 4.69) is 30.5 Å². The first-order valence-corrected chi connectivity index (χ1v) is 13.8. The Balaban J connectivity index is 1.54. The van der Waals surface area contributed by atoms with Crippen LogP contribution in [0.1, 0.15) is 24.1 Å². The Morgan fingerprint density at radius 3 is 2.67 bits per heavy atom. The van der Waals surface area contributed by atoms with Gasteiger partial charge in [0.05, 0.1) is 28.8 Å². The highest BCUT2D eigenvalue weighted by Crippen LogP contribution is 2.35. The van der Waals surface area contributed by atoms with Gasteiger partial charge in [-0.05, 0) is 62.8 Å². The maximum Gasteiger partial charge on any atom is 0.319 e. The number of aromatic amines is 1. The second-order valence-electron chi connectivity index (χ2n) is 9.24. The van der Waals surface area contributed by atoms with Gasteiger partial charge in [0, 0.05) is 37.3 Å². The Labute approximate surface area is 211 Å². The Kier molecular flexibility index (Phi) is 7.80. The van der Waals surface area contributed by atoms with Gasteiger partial charge in [-0.2, -0.15) is 5.10 Å². The summed E-state index contributed by atoms with van der Waals surface area (Å²) in [6, 6.07) is 11.0. The maximum atomic E-state index is 12.1. The molecule has 0 atom stereocenters. The van der Waals surface area contributed by atoms with E-state index in [9.17, 15) is 13.2 Å². The third-order valence-corrected chi connectivity index (χ3v) is 6.46. The number of aromatic nitrogens is 2. The number of amides is 2. The molecule has 11 heteroatoms. The van der Waals surface area contributed by atoms with Crippen molar-refractivity contribution in [1.82, 2.24) is 20.4 Å². The van der Waals surface area contributed by atoms with Crippen LogP contribution in [0.25, 0.3) is 23.1 Å².